The van der Waals surface area contributed by atoms with Gasteiger partial charge in [0.2, 0.25) is 0 Å². The minimum Gasteiger partial charge on any atom is -0.490 e. The van der Waals surface area contributed by atoms with Crippen LogP contribution in [0.4, 0.5) is 0 Å². The monoisotopic (exact) mass is 358 g/mol. The molecule has 1 aromatic carbocycles. The Morgan fingerprint density at radius 2 is 1.58 bits per heavy atom. The van der Waals surface area contributed by atoms with Crippen LogP contribution in [0.3, 0.4) is 0 Å². The zero-order valence-corrected chi connectivity index (χ0v) is 16.8. The van der Waals surface area contributed by atoms with Gasteiger partial charge in [0.25, 0.3) is 0 Å². The molecule has 1 aliphatic rings. The summed E-state index contributed by atoms with van der Waals surface area (Å²) in [6.45, 7) is 3.81. The van der Waals surface area contributed by atoms with E-state index in [9.17, 15) is 0 Å². The van der Waals surface area contributed by atoms with Crippen LogP contribution in [0.25, 0.3) is 0 Å². The Balaban J connectivity index is 1.46. The molecule has 2 heteroatoms. The standard InChI is InChI=1S/C24H38O2/c1-2-3-4-5-6-7-8-9-10-11-12-13-14-17-22-18-15-16-19-24(22)26-21-23-20-25-23/h13-16,18-19,23H,2-12,17,20-21H2,1H3/b14-13+. The van der Waals surface area contributed by atoms with Gasteiger partial charge in [0.15, 0.2) is 0 Å². The van der Waals surface area contributed by atoms with E-state index in [1.807, 2.05) is 6.07 Å². The number of allylic oxidation sites excluding steroid dienone is 2. The molecular weight excluding hydrogens is 320 g/mol. The van der Waals surface area contributed by atoms with Crippen LogP contribution in [0.15, 0.2) is 36.4 Å². The molecule has 0 radical (unpaired) electrons. The van der Waals surface area contributed by atoms with E-state index in [1.54, 1.807) is 0 Å². The van der Waals surface area contributed by atoms with Crippen molar-refractivity contribution in [2.45, 2.75) is 90.1 Å². The van der Waals surface area contributed by atoms with Crippen LogP contribution in [-0.4, -0.2) is 19.3 Å². The normalized spacial score (nSPS) is 16.3. The Morgan fingerprint density at radius 1 is 0.923 bits per heavy atom. The van der Waals surface area contributed by atoms with Crippen LogP contribution >= 0.6 is 0 Å². The van der Waals surface area contributed by atoms with Crippen LogP contribution in [0, 0.1) is 0 Å². The summed E-state index contributed by atoms with van der Waals surface area (Å²) in [5.41, 5.74) is 1.27. The van der Waals surface area contributed by atoms with Crippen molar-refractivity contribution < 1.29 is 9.47 Å². The van der Waals surface area contributed by atoms with Crippen LogP contribution < -0.4 is 4.74 Å². The zero-order chi connectivity index (χ0) is 18.3. The average Bonchev–Trinajstić information content (AvgIpc) is 3.49. The van der Waals surface area contributed by atoms with E-state index in [-0.39, 0.29) is 0 Å². The van der Waals surface area contributed by atoms with E-state index in [0.29, 0.717) is 12.7 Å². The predicted molar refractivity (Wildman–Crippen MR) is 111 cm³/mol. The Kier molecular flexibility index (Phi) is 11.2. The number of benzene rings is 1. The maximum atomic E-state index is 5.87. The molecule has 1 atom stereocenters. The zero-order valence-electron chi connectivity index (χ0n) is 16.8. The summed E-state index contributed by atoms with van der Waals surface area (Å²) in [7, 11) is 0. The molecule has 1 unspecified atom stereocenters. The van der Waals surface area contributed by atoms with Crippen LogP contribution in [0.5, 0.6) is 5.75 Å². The number of ether oxygens (including phenoxy) is 2. The first-order valence-electron chi connectivity index (χ1n) is 10.9. The molecule has 0 N–H and O–H groups in total. The third-order valence-electron chi connectivity index (χ3n) is 5.03. The topological polar surface area (TPSA) is 21.8 Å². The molecule has 0 aliphatic carbocycles. The fourth-order valence-corrected chi connectivity index (χ4v) is 3.24. The van der Waals surface area contributed by atoms with Gasteiger partial charge in [-0.15, -0.1) is 0 Å². The van der Waals surface area contributed by atoms with E-state index in [2.05, 4.69) is 37.3 Å². The number of hydrogen-bond acceptors (Lipinski definition) is 2. The highest BCUT2D eigenvalue weighted by Gasteiger charge is 2.23. The maximum absolute atomic E-state index is 5.87. The molecule has 146 valence electrons. The minimum absolute atomic E-state index is 0.315. The lowest BCUT2D eigenvalue weighted by molar-refractivity contribution is 0.261. The number of rotatable bonds is 16. The second kappa shape index (κ2) is 13.9. The van der Waals surface area contributed by atoms with Gasteiger partial charge >= 0.3 is 0 Å². The quantitative estimate of drug-likeness (QED) is 0.183. The predicted octanol–water partition coefficient (Wildman–Crippen LogP) is 6.87. The summed E-state index contributed by atoms with van der Waals surface area (Å²) < 4.78 is 11.1. The first kappa shape index (κ1) is 21.0. The molecule has 1 heterocycles. The molecular formula is C24H38O2. The summed E-state index contributed by atoms with van der Waals surface area (Å²) >= 11 is 0. The third-order valence-corrected chi connectivity index (χ3v) is 5.03. The number of hydrogen-bond donors (Lipinski definition) is 0. The molecule has 1 saturated heterocycles. The van der Waals surface area contributed by atoms with E-state index < -0.39 is 0 Å². The molecule has 2 rings (SSSR count). The van der Waals surface area contributed by atoms with E-state index >= 15 is 0 Å². The van der Waals surface area contributed by atoms with Gasteiger partial charge in [0, 0.05) is 0 Å². The van der Waals surface area contributed by atoms with Crippen molar-refractivity contribution >= 4 is 0 Å². The summed E-state index contributed by atoms with van der Waals surface area (Å²) in [6.07, 6.45) is 21.1. The van der Waals surface area contributed by atoms with Crippen molar-refractivity contribution in [3.8, 4) is 5.75 Å². The Bertz CT molecular complexity index is 491. The minimum atomic E-state index is 0.315. The molecule has 0 bridgehead atoms. The summed E-state index contributed by atoms with van der Waals surface area (Å²) in [6, 6.07) is 8.35. The SMILES string of the molecule is CCCCCCCCCCCC/C=C/Cc1ccccc1OCC1CO1. The molecule has 26 heavy (non-hydrogen) atoms. The first-order valence-corrected chi connectivity index (χ1v) is 10.9. The fraction of sp³-hybridized carbons (Fsp3) is 0.667. The van der Waals surface area contributed by atoms with Crippen LogP contribution in [-0.2, 0) is 11.2 Å². The molecule has 0 spiro atoms. The van der Waals surface area contributed by atoms with Crippen molar-refractivity contribution in [2.24, 2.45) is 0 Å². The molecule has 1 aliphatic heterocycles. The smallest absolute Gasteiger partial charge is 0.122 e. The van der Waals surface area contributed by atoms with Gasteiger partial charge in [0.1, 0.15) is 18.5 Å². The fourth-order valence-electron chi connectivity index (χ4n) is 3.24. The Hall–Kier alpha value is -1.28. The van der Waals surface area contributed by atoms with Crippen molar-refractivity contribution in [3.63, 3.8) is 0 Å². The highest BCUT2D eigenvalue weighted by molar-refractivity contribution is 5.34. The van der Waals surface area contributed by atoms with Crippen molar-refractivity contribution in [1.82, 2.24) is 0 Å². The van der Waals surface area contributed by atoms with E-state index in [0.717, 1.165) is 18.8 Å². The molecule has 1 fully saturated rings. The van der Waals surface area contributed by atoms with Gasteiger partial charge < -0.3 is 9.47 Å². The molecule has 0 amide bonds. The van der Waals surface area contributed by atoms with Gasteiger partial charge in [-0.25, -0.2) is 0 Å². The lowest BCUT2D eigenvalue weighted by atomic mass is 10.1. The van der Waals surface area contributed by atoms with E-state index in [4.69, 9.17) is 9.47 Å². The van der Waals surface area contributed by atoms with Crippen LogP contribution in [0.1, 0.15) is 83.1 Å². The average molecular weight is 359 g/mol. The largest absolute Gasteiger partial charge is 0.490 e. The highest BCUT2D eigenvalue weighted by atomic mass is 16.6. The summed E-state index contributed by atoms with van der Waals surface area (Å²) in [4.78, 5) is 0. The lowest BCUT2D eigenvalue weighted by Crippen LogP contribution is -2.05. The summed E-state index contributed by atoms with van der Waals surface area (Å²) in [5, 5.41) is 0. The van der Waals surface area contributed by atoms with Crippen molar-refractivity contribution in [3.05, 3.63) is 42.0 Å². The maximum Gasteiger partial charge on any atom is 0.122 e. The van der Waals surface area contributed by atoms with Gasteiger partial charge in [-0.1, -0.05) is 95.1 Å². The van der Waals surface area contributed by atoms with Crippen molar-refractivity contribution in [2.75, 3.05) is 13.2 Å². The van der Waals surface area contributed by atoms with Crippen LogP contribution in [0.2, 0.25) is 0 Å². The van der Waals surface area contributed by atoms with Gasteiger partial charge in [-0.3, -0.25) is 0 Å². The van der Waals surface area contributed by atoms with Crippen molar-refractivity contribution in [1.29, 1.82) is 0 Å². The Labute approximate surface area is 161 Å². The van der Waals surface area contributed by atoms with E-state index in [1.165, 1.54) is 76.2 Å². The lowest BCUT2D eigenvalue weighted by Gasteiger charge is -2.08. The summed E-state index contributed by atoms with van der Waals surface area (Å²) in [5.74, 6) is 1.01. The van der Waals surface area contributed by atoms with Gasteiger partial charge in [-0.05, 0) is 30.9 Å². The first-order chi connectivity index (χ1) is 12.9. The third kappa shape index (κ3) is 10.0. The Morgan fingerprint density at radius 3 is 2.27 bits per heavy atom. The van der Waals surface area contributed by atoms with Gasteiger partial charge in [-0.2, -0.15) is 0 Å². The van der Waals surface area contributed by atoms with Gasteiger partial charge in [0.05, 0.1) is 6.61 Å². The molecule has 2 nitrogen and oxygen atoms in total. The number of unbranched alkanes of at least 4 members (excludes halogenated alkanes) is 10. The molecule has 1 aromatic rings. The second-order valence-corrected chi connectivity index (χ2v) is 7.52. The highest BCUT2D eigenvalue weighted by Crippen LogP contribution is 2.21. The molecule has 0 aromatic heterocycles. The molecule has 0 saturated carbocycles. The number of epoxide rings is 1. The second-order valence-electron chi connectivity index (χ2n) is 7.52. The number of para-hydroxylation sites is 1.